The Hall–Kier alpha value is -0.710. The van der Waals surface area contributed by atoms with Gasteiger partial charge >= 0.3 is 0 Å². The molecular weight excluding hydrogens is 358 g/mol. The fourth-order valence-corrected chi connectivity index (χ4v) is 3.70. The maximum Gasteiger partial charge on any atom is 0.227 e. The SMILES string of the molecule is O=C(C[n+]1csc2c1CCCC2)c1ccc(Cl)cc1.[Br-]. The molecule has 0 spiro atoms. The first-order valence-corrected chi connectivity index (χ1v) is 7.77. The monoisotopic (exact) mass is 371 g/mol. The van der Waals surface area contributed by atoms with Gasteiger partial charge in [-0.2, -0.15) is 4.57 Å². The Morgan fingerprint density at radius 2 is 1.90 bits per heavy atom. The number of carbonyl (C=O) groups is 1. The highest BCUT2D eigenvalue weighted by Gasteiger charge is 2.24. The first kappa shape index (κ1) is 15.7. The fraction of sp³-hybridized carbons (Fsp3) is 0.333. The smallest absolute Gasteiger partial charge is 0.227 e. The van der Waals surface area contributed by atoms with Crippen LogP contribution < -0.4 is 21.5 Å². The molecule has 0 atom stereocenters. The number of aromatic nitrogens is 1. The van der Waals surface area contributed by atoms with Gasteiger partial charge in [-0.25, -0.2) is 0 Å². The topological polar surface area (TPSA) is 20.9 Å². The Bertz CT molecular complexity index is 609. The van der Waals surface area contributed by atoms with Crippen molar-refractivity contribution in [3.05, 3.63) is 50.9 Å². The number of thiazole rings is 1. The van der Waals surface area contributed by atoms with Crippen molar-refractivity contribution in [2.45, 2.75) is 32.2 Å². The van der Waals surface area contributed by atoms with Gasteiger partial charge in [-0.05, 0) is 43.5 Å². The van der Waals surface area contributed by atoms with Crippen LogP contribution in [0.2, 0.25) is 5.02 Å². The third kappa shape index (κ3) is 3.30. The van der Waals surface area contributed by atoms with E-state index in [1.807, 2.05) is 0 Å². The van der Waals surface area contributed by atoms with Crippen molar-refractivity contribution in [3.8, 4) is 0 Å². The summed E-state index contributed by atoms with van der Waals surface area (Å²) >= 11 is 7.62. The summed E-state index contributed by atoms with van der Waals surface area (Å²) in [5.74, 6) is 0.146. The van der Waals surface area contributed by atoms with Crippen molar-refractivity contribution < 1.29 is 26.3 Å². The minimum atomic E-state index is 0. The van der Waals surface area contributed by atoms with Crippen LogP contribution in [0.4, 0.5) is 0 Å². The molecule has 0 amide bonds. The van der Waals surface area contributed by atoms with E-state index < -0.39 is 0 Å². The van der Waals surface area contributed by atoms with E-state index in [1.165, 1.54) is 29.8 Å². The molecular formula is C15H15BrClNOS. The summed E-state index contributed by atoms with van der Waals surface area (Å²) in [6.45, 7) is 0.438. The van der Waals surface area contributed by atoms with E-state index in [9.17, 15) is 4.79 Å². The van der Waals surface area contributed by atoms with E-state index in [-0.39, 0.29) is 22.8 Å². The Balaban J connectivity index is 0.00000147. The molecule has 0 aliphatic heterocycles. The number of halogens is 2. The normalized spacial score (nSPS) is 13.4. The number of nitrogens with zero attached hydrogens (tertiary/aromatic N) is 1. The van der Waals surface area contributed by atoms with Gasteiger partial charge in [-0.1, -0.05) is 22.9 Å². The Morgan fingerprint density at radius 3 is 2.65 bits per heavy atom. The number of Topliss-reactive ketones (excluding diaryl/α,β-unsaturated/α-hetero) is 1. The van der Waals surface area contributed by atoms with E-state index >= 15 is 0 Å². The van der Waals surface area contributed by atoms with E-state index in [4.69, 9.17) is 11.6 Å². The van der Waals surface area contributed by atoms with E-state index in [1.54, 1.807) is 35.6 Å². The second-order valence-corrected chi connectivity index (χ2v) is 6.23. The van der Waals surface area contributed by atoms with E-state index in [2.05, 4.69) is 10.1 Å². The zero-order valence-corrected chi connectivity index (χ0v) is 14.1. The number of hydrogen-bond acceptors (Lipinski definition) is 2. The highest BCUT2D eigenvalue weighted by Crippen LogP contribution is 2.22. The summed E-state index contributed by atoms with van der Waals surface area (Å²) in [5.41, 5.74) is 4.18. The number of benzene rings is 1. The first-order valence-electron chi connectivity index (χ1n) is 6.51. The van der Waals surface area contributed by atoms with Gasteiger partial charge in [0.1, 0.15) is 0 Å². The lowest BCUT2D eigenvalue weighted by Gasteiger charge is -2.07. The van der Waals surface area contributed by atoms with Crippen LogP contribution in [0, 0.1) is 0 Å². The van der Waals surface area contributed by atoms with Crippen molar-refractivity contribution in [2.24, 2.45) is 0 Å². The van der Waals surface area contributed by atoms with Crippen LogP contribution in [0.15, 0.2) is 29.8 Å². The van der Waals surface area contributed by atoms with E-state index in [0.29, 0.717) is 11.6 Å². The van der Waals surface area contributed by atoms with Crippen molar-refractivity contribution in [2.75, 3.05) is 0 Å². The highest BCUT2D eigenvalue weighted by atomic mass is 79.9. The lowest BCUT2D eigenvalue weighted by atomic mass is 10.0. The molecule has 1 heterocycles. The minimum absolute atomic E-state index is 0. The van der Waals surface area contributed by atoms with Gasteiger partial charge in [0.05, 0.1) is 4.88 Å². The van der Waals surface area contributed by atoms with Gasteiger partial charge in [-0.3, -0.25) is 4.79 Å². The number of fused-ring (bicyclic) bond motifs is 1. The molecule has 5 heteroatoms. The van der Waals surface area contributed by atoms with Crippen LogP contribution >= 0.6 is 22.9 Å². The van der Waals surface area contributed by atoms with Crippen LogP contribution in [-0.4, -0.2) is 5.78 Å². The summed E-state index contributed by atoms with van der Waals surface area (Å²) in [5, 5.41) is 0.664. The van der Waals surface area contributed by atoms with Crippen molar-refractivity contribution in [1.82, 2.24) is 0 Å². The summed E-state index contributed by atoms with van der Waals surface area (Å²) in [4.78, 5) is 13.7. The number of ketones is 1. The molecule has 106 valence electrons. The van der Waals surface area contributed by atoms with Crippen molar-refractivity contribution >= 4 is 28.7 Å². The zero-order chi connectivity index (χ0) is 13.2. The quantitative estimate of drug-likeness (QED) is 0.566. The average molecular weight is 373 g/mol. The third-order valence-corrected chi connectivity index (χ3v) is 4.87. The fourth-order valence-electron chi connectivity index (χ4n) is 2.50. The second kappa shape index (κ2) is 6.83. The molecule has 0 bridgehead atoms. The van der Waals surface area contributed by atoms with Crippen LogP contribution in [0.1, 0.15) is 33.8 Å². The average Bonchev–Trinajstić information content (AvgIpc) is 2.83. The Labute approximate surface area is 138 Å². The molecule has 0 radical (unpaired) electrons. The maximum absolute atomic E-state index is 12.2. The van der Waals surface area contributed by atoms with Crippen LogP contribution in [0.5, 0.6) is 0 Å². The molecule has 0 saturated heterocycles. The first-order chi connectivity index (χ1) is 9.24. The minimum Gasteiger partial charge on any atom is -1.00 e. The molecule has 2 nitrogen and oxygen atoms in total. The summed E-state index contributed by atoms with van der Waals surface area (Å²) in [7, 11) is 0. The Morgan fingerprint density at radius 1 is 1.20 bits per heavy atom. The molecule has 1 aliphatic carbocycles. The molecule has 2 aromatic rings. The molecule has 0 saturated carbocycles. The molecule has 0 fully saturated rings. The molecule has 1 aromatic heterocycles. The standard InChI is InChI=1S/C15H15ClNOS.BrH/c16-12-7-5-11(6-8-12)14(18)9-17-10-19-15-4-2-1-3-13(15)17;/h5-8,10H,1-4,9H2;1H/q+1;/p-1. The molecule has 0 N–H and O–H groups in total. The van der Waals surface area contributed by atoms with Gasteiger partial charge in [0, 0.05) is 17.0 Å². The number of hydrogen-bond donors (Lipinski definition) is 0. The number of carbonyl (C=O) groups excluding carboxylic acids is 1. The van der Waals surface area contributed by atoms with Crippen molar-refractivity contribution in [3.63, 3.8) is 0 Å². The highest BCUT2D eigenvalue weighted by molar-refractivity contribution is 7.09. The maximum atomic E-state index is 12.2. The summed E-state index contributed by atoms with van der Waals surface area (Å²) in [6.07, 6.45) is 4.78. The van der Waals surface area contributed by atoms with Gasteiger partial charge in [0.15, 0.2) is 5.69 Å². The van der Waals surface area contributed by atoms with Gasteiger partial charge in [0.2, 0.25) is 17.8 Å². The summed E-state index contributed by atoms with van der Waals surface area (Å²) < 4.78 is 2.12. The molecule has 1 aliphatic rings. The van der Waals surface area contributed by atoms with Gasteiger partial charge < -0.3 is 17.0 Å². The molecule has 3 rings (SSSR count). The van der Waals surface area contributed by atoms with Crippen molar-refractivity contribution in [1.29, 1.82) is 0 Å². The summed E-state index contributed by atoms with van der Waals surface area (Å²) in [6, 6.07) is 7.12. The van der Waals surface area contributed by atoms with Gasteiger partial charge in [-0.15, -0.1) is 0 Å². The molecule has 0 unspecified atom stereocenters. The number of rotatable bonds is 3. The van der Waals surface area contributed by atoms with E-state index in [0.717, 1.165) is 12.0 Å². The largest absolute Gasteiger partial charge is 1.00 e. The predicted molar refractivity (Wildman–Crippen MR) is 76.9 cm³/mol. The molecule has 1 aromatic carbocycles. The zero-order valence-electron chi connectivity index (χ0n) is 10.9. The predicted octanol–water partition coefficient (Wildman–Crippen LogP) is 0.455. The van der Waals surface area contributed by atoms with Crippen LogP contribution in [0.3, 0.4) is 0 Å². The number of aryl methyl sites for hydroxylation is 1. The van der Waals surface area contributed by atoms with Crippen LogP contribution in [-0.2, 0) is 19.4 Å². The van der Waals surface area contributed by atoms with Gasteiger partial charge in [0.25, 0.3) is 0 Å². The third-order valence-electron chi connectivity index (χ3n) is 3.54. The van der Waals surface area contributed by atoms with Crippen LogP contribution in [0.25, 0.3) is 0 Å². The second-order valence-electron chi connectivity index (χ2n) is 4.86. The molecule has 20 heavy (non-hydrogen) atoms. The Kier molecular flexibility index (Phi) is 5.35. The lowest BCUT2D eigenvalue weighted by Crippen LogP contribution is -3.00. The lowest BCUT2D eigenvalue weighted by molar-refractivity contribution is -0.686.